The van der Waals surface area contributed by atoms with Crippen LogP contribution < -0.4 is 10.6 Å². The van der Waals surface area contributed by atoms with Gasteiger partial charge in [0.25, 0.3) is 0 Å². The predicted molar refractivity (Wildman–Crippen MR) is 77.5 cm³/mol. The molecule has 0 aliphatic carbocycles. The van der Waals surface area contributed by atoms with Gasteiger partial charge in [-0.3, -0.25) is 0 Å². The average molecular weight is 261 g/mol. The van der Waals surface area contributed by atoms with Crippen LogP contribution in [0.1, 0.15) is 27.2 Å². The van der Waals surface area contributed by atoms with Crippen molar-refractivity contribution in [3.05, 3.63) is 0 Å². The fourth-order valence-electron chi connectivity index (χ4n) is 1.44. The molecule has 2 N–H and O–H groups in total. The van der Waals surface area contributed by atoms with E-state index in [2.05, 4.69) is 36.4 Å². The summed E-state index contributed by atoms with van der Waals surface area (Å²) >= 11 is 5.19. The SMILES string of the molecule is CCC(C)N(C)CCNC(=S)NC(C)COC. The molecular formula is C12H27N3OS. The predicted octanol–water partition coefficient (Wildman–Crippen LogP) is 1.22. The number of methoxy groups -OCH3 is 1. The van der Waals surface area contributed by atoms with Crippen molar-refractivity contribution in [2.24, 2.45) is 0 Å². The summed E-state index contributed by atoms with van der Waals surface area (Å²) in [5, 5.41) is 7.08. The quantitative estimate of drug-likeness (QED) is 0.643. The van der Waals surface area contributed by atoms with E-state index in [9.17, 15) is 0 Å². The summed E-state index contributed by atoms with van der Waals surface area (Å²) in [5.41, 5.74) is 0. The Morgan fingerprint density at radius 2 is 2.06 bits per heavy atom. The Hall–Kier alpha value is -0.390. The molecule has 0 aliphatic rings. The second kappa shape index (κ2) is 9.62. The van der Waals surface area contributed by atoms with Gasteiger partial charge in [0.05, 0.1) is 6.61 Å². The van der Waals surface area contributed by atoms with Gasteiger partial charge < -0.3 is 20.3 Å². The van der Waals surface area contributed by atoms with Crippen LogP contribution in [0, 0.1) is 0 Å². The van der Waals surface area contributed by atoms with Crippen LogP contribution in [0.5, 0.6) is 0 Å². The van der Waals surface area contributed by atoms with Crippen molar-refractivity contribution < 1.29 is 4.74 Å². The third-order valence-corrected chi connectivity index (χ3v) is 3.15. The number of nitrogens with one attached hydrogen (secondary N) is 2. The highest BCUT2D eigenvalue weighted by molar-refractivity contribution is 7.80. The zero-order chi connectivity index (χ0) is 13.3. The van der Waals surface area contributed by atoms with Crippen molar-refractivity contribution in [2.45, 2.75) is 39.3 Å². The first-order valence-electron chi connectivity index (χ1n) is 6.24. The second-order valence-corrected chi connectivity index (χ2v) is 4.90. The maximum absolute atomic E-state index is 5.19. The minimum Gasteiger partial charge on any atom is -0.383 e. The first-order valence-corrected chi connectivity index (χ1v) is 6.65. The summed E-state index contributed by atoms with van der Waals surface area (Å²) in [5.74, 6) is 0. The van der Waals surface area contributed by atoms with Crippen LogP contribution in [-0.4, -0.2) is 55.9 Å². The van der Waals surface area contributed by atoms with E-state index in [1.54, 1.807) is 7.11 Å². The smallest absolute Gasteiger partial charge is 0.166 e. The van der Waals surface area contributed by atoms with Crippen LogP contribution in [-0.2, 0) is 4.74 Å². The molecule has 0 aromatic carbocycles. The zero-order valence-corrected chi connectivity index (χ0v) is 12.6. The van der Waals surface area contributed by atoms with E-state index in [1.807, 2.05) is 6.92 Å². The van der Waals surface area contributed by atoms with Crippen molar-refractivity contribution in [3.8, 4) is 0 Å². The number of hydrogen-bond donors (Lipinski definition) is 2. The maximum Gasteiger partial charge on any atom is 0.166 e. The topological polar surface area (TPSA) is 36.5 Å². The molecule has 0 aliphatic heterocycles. The molecular weight excluding hydrogens is 234 g/mol. The van der Waals surface area contributed by atoms with E-state index in [0.717, 1.165) is 13.1 Å². The van der Waals surface area contributed by atoms with Crippen molar-refractivity contribution >= 4 is 17.3 Å². The summed E-state index contributed by atoms with van der Waals surface area (Å²) < 4.78 is 5.04. The molecule has 2 unspecified atom stereocenters. The van der Waals surface area contributed by atoms with Gasteiger partial charge in [-0.1, -0.05) is 6.92 Å². The highest BCUT2D eigenvalue weighted by Crippen LogP contribution is 1.97. The van der Waals surface area contributed by atoms with Crippen molar-refractivity contribution in [1.29, 1.82) is 0 Å². The summed E-state index contributed by atoms with van der Waals surface area (Å²) in [6, 6.07) is 0.859. The fraction of sp³-hybridized carbons (Fsp3) is 0.917. The molecule has 102 valence electrons. The van der Waals surface area contributed by atoms with Gasteiger partial charge in [-0.05, 0) is 39.5 Å². The first-order chi connectivity index (χ1) is 8.01. The van der Waals surface area contributed by atoms with Gasteiger partial charge in [0.15, 0.2) is 5.11 Å². The molecule has 0 aromatic rings. The molecule has 0 bridgehead atoms. The Bertz CT molecular complexity index is 214. The van der Waals surface area contributed by atoms with Gasteiger partial charge in [-0.2, -0.15) is 0 Å². The number of likely N-dealkylation sites (N-methyl/N-ethyl adjacent to an activating group) is 1. The molecule has 0 saturated carbocycles. The first kappa shape index (κ1) is 16.6. The second-order valence-electron chi connectivity index (χ2n) is 4.49. The Kier molecular flexibility index (Phi) is 9.40. The fourth-order valence-corrected chi connectivity index (χ4v) is 1.75. The molecule has 0 rings (SSSR count). The minimum absolute atomic E-state index is 0.243. The lowest BCUT2D eigenvalue weighted by Gasteiger charge is -2.24. The van der Waals surface area contributed by atoms with Gasteiger partial charge in [0, 0.05) is 32.3 Å². The van der Waals surface area contributed by atoms with E-state index in [-0.39, 0.29) is 6.04 Å². The van der Waals surface area contributed by atoms with E-state index in [4.69, 9.17) is 17.0 Å². The number of nitrogens with zero attached hydrogens (tertiary/aromatic N) is 1. The maximum atomic E-state index is 5.19. The molecule has 0 fully saturated rings. The normalized spacial score (nSPS) is 14.5. The third-order valence-electron chi connectivity index (χ3n) is 2.89. The average Bonchev–Trinajstić information content (AvgIpc) is 2.27. The van der Waals surface area contributed by atoms with E-state index in [1.165, 1.54) is 6.42 Å². The van der Waals surface area contributed by atoms with Gasteiger partial charge in [-0.15, -0.1) is 0 Å². The van der Waals surface area contributed by atoms with Gasteiger partial charge in [0.2, 0.25) is 0 Å². The number of hydrogen-bond acceptors (Lipinski definition) is 3. The Balaban J connectivity index is 3.64. The summed E-state index contributed by atoms with van der Waals surface area (Å²) in [7, 11) is 3.83. The minimum atomic E-state index is 0.243. The van der Waals surface area contributed by atoms with E-state index < -0.39 is 0 Å². The van der Waals surface area contributed by atoms with E-state index in [0.29, 0.717) is 17.8 Å². The number of ether oxygens (including phenoxy) is 1. The van der Waals surface area contributed by atoms with Crippen LogP contribution >= 0.6 is 12.2 Å². The highest BCUT2D eigenvalue weighted by atomic mass is 32.1. The standard InChI is InChI=1S/C12H27N3OS/c1-6-11(3)15(4)8-7-13-12(17)14-10(2)9-16-5/h10-11H,6-9H2,1-5H3,(H2,13,14,17). The molecule has 0 saturated heterocycles. The van der Waals surface area contributed by atoms with Crippen LogP contribution in [0.4, 0.5) is 0 Å². The monoisotopic (exact) mass is 261 g/mol. The molecule has 0 radical (unpaired) electrons. The van der Waals surface area contributed by atoms with Crippen LogP contribution in [0.25, 0.3) is 0 Å². The number of thiocarbonyl (C=S) groups is 1. The lowest BCUT2D eigenvalue weighted by atomic mass is 10.2. The largest absolute Gasteiger partial charge is 0.383 e. The molecule has 0 spiro atoms. The lowest BCUT2D eigenvalue weighted by Crippen LogP contribution is -2.45. The molecule has 17 heavy (non-hydrogen) atoms. The summed E-state index contributed by atoms with van der Waals surface area (Å²) in [6.45, 7) is 9.00. The van der Waals surface area contributed by atoms with Crippen molar-refractivity contribution in [1.82, 2.24) is 15.5 Å². The molecule has 4 nitrogen and oxygen atoms in total. The van der Waals surface area contributed by atoms with Crippen molar-refractivity contribution in [2.75, 3.05) is 33.9 Å². The van der Waals surface area contributed by atoms with Crippen LogP contribution in [0.15, 0.2) is 0 Å². The Morgan fingerprint density at radius 3 is 2.59 bits per heavy atom. The molecule has 0 amide bonds. The summed E-state index contributed by atoms with van der Waals surface area (Å²) in [6.07, 6.45) is 1.17. The molecule has 2 atom stereocenters. The van der Waals surface area contributed by atoms with Crippen LogP contribution in [0.2, 0.25) is 0 Å². The molecule has 5 heteroatoms. The van der Waals surface area contributed by atoms with Gasteiger partial charge in [-0.25, -0.2) is 0 Å². The Morgan fingerprint density at radius 1 is 1.41 bits per heavy atom. The van der Waals surface area contributed by atoms with Gasteiger partial charge >= 0.3 is 0 Å². The van der Waals surface area contributed by atoms with E-state index >= 15 is 0 Å². The van der Waals surface area contributed by atoms with Crippen LogP contribution in [0.3, 0.4) is 0 Å². The molecule has 0 aromatic heterocycles. The Labute approximate surface area is 111 Å². The number of rotatable bonds is 8. The molecule has 0 heterocycles. The zero-order valence-electron chi connectivity index (χ0n) is 11.7. The highest BCUT2D eigenvalue weighted by Gasteiger charge is 2.06. The summed E-state index contributed by atoms with van der Waals surface area (Å²) in [4.78, 5) is 2.33. The van der Waals surface area contributed by atoms with Gasteiger partial charge in [0.1, 0.15) is 0 Å². The lowest BCUT2D eigenvalue weighted by molar-refractivity contribution is 0.179. The van der Waals surface area contributed by atoms with Crippen molar-refractivity contribution in [3.63, 3.8) is 0 Å². The third kappa shape index (κ3) is 8.35.